The van der Waals surface area contributed by atoms with Gasteiger partial charge >= 0.3 is 6.36 Å². The summed E-state index contributed by atoms with van der Waals surface area (Å²) in [4.78, 5) is 6.60. The van der Waals surface area contributed by atoms with Gasteiger partial charge in [0.2, 0.25) is 0 Å². The van der Waals surface area contributed by atoms with Crippen LogP contribution in [0.3, 0.4) is 0 Å². The summed E-state index contributed by atoms with van der Waals surface area (Å²) in [5, 5.41) is 0.669. The second-order valence-corrected chi connectivity index (χ2v) is 7.44. The second-order valence-electron chi connectivity index (χ2n) is 7.00. The summed E-state index contributed by atoms with van der Waals surface area (Å²) in [6.45, 7) is 8.30. The Morgan fingerprint density at radius 2 is 1.89 bits per heavy atom. The van der Waals surface area contributed by atoms with Crippen molar-refractivity contribution in [3.05, 3.63) is 41.1 Å². The minimum absolute atomic E-state index is 0.0572. The van der Waals surface area contributed by atoms with E-state index in [4.69, 9.17) is 11.6 Å². The first kappa shape index (κ1) is 22.8. The molecule has 0 saturated heterocycles. The highest BCUT2D eigenvalue weighted by molar-refractivity contribution is 6.30. The minimum atomic E-state index is -4.58. The largest absolute Gasteiger partial charge is 0.522 e. The number of halogens is 4. The van der Waals surface area contributed by atoms with Crippen molar-refractivity contribution in [1.29, 1.82) is 0 Å². The fourth-order valence-electron chi connectivity index (χ4n) is 3.76. The average molecular weight is 417 g/mol. The first-order valence-electron chi connectivity index (χ1n) is 9.67. The molecule has 2 rings (SSSR count). The number of aryl methyl sites for hydroxylation is 1. The first-order chi connectivity index (χ1) is 13.2. The SMILES string of the molecule is C=C(CC)N(C(=NC)C1CCC(OC(F)(F)F)CC1)c1ccc(Cl)cc1CC. The third-order valence-corrected chi connectivity index (χ3v) is 5.42. The summed E-state index contributed by atoms with van der Waals surface area (Å²) in [6.07, 6.45) is -1.93. The molecule has 1 aliphatic carbocycles. The maximum Gasteiger partial charge on any atom is 0.522 e. The third kappa shape index (κ3) is 5.74. The van der Waals surface area contributed by atoms with E-state index in [9.17, 15) is 13.2 Å². The van der Waals surface area contributed by atoms with Crippen LogP contribution in [0, 0.1) is 5.92 Å². The van der Waals surface area contributed by atoms with Gasteiger partial charge in [-0.05, 0) is 62.3 Å². The molecule has 0 spiro atoms. The molecular formula is C21H28ClF3N2O. The Kier molecular flexibility index (Phi) is 7.96. The number of benzene rings is 1. The fraction of sp³-hybridized carbons (Fsp3) is 0.571. The van der Waals surface area contributed by atoms with Crippen LogP contribution in [0.5, 0.6) is 0 Å². The topological polar surface area (TPSA) is 24.8 Å². The lowest BCUT2D eigenvalue weighted by atomic mass is 9.85. The Morgan fingerprint density at radius 3 is 2.39 bits per heavy atom. The number of aliphatic imine (C=N–C) groups is 1. The van der Waals surface area contributed by atoms with Crippen molar-refractivity contribution in [3.63, 3.8) is 0 Å². The molecule has 1 fully saturated rings. The smallest absolute Gasteiger partial charge is 0.303 e. The average Bonchev–Trinajstić information content (AvgIpc) is 2.65. The Morgan fingerprint density at radius 1 is 1.25 bits per heavy atom. The van der Waals surface area contributed by atoms with Gasteiger partial charge in [-0.15, -0.1) is 13.2 Å². The molecule has 0 heterocycles. The number of hydrogen-bond acceptors (Lipinski definition) is 2. The van der Waals surface area contributed by atoms with Crippen LogP contribution in [0.4, 0.5) is 18.9 Å². The molecule has 0 radical (unpaired) electrons. The summed E-state index contributed by atoms with van der Waals surface area (Å²) in [7, 11) is 1.73. The summed E-state index contributed by atoms with van der Waals surface area (Å²) < 4.78 is 41.7. The molecule has 0 aromatic heterocycles. The monoisotopic (exact) mass is 416 g/mol. The molecule has 0 atom stereocenters. The number of hydrogen-bond donors (Lipinski definition) is 0. The molecule has 1 aromatic rings. The molecule has 1 aromatic carbocycles. The number of ether oxygens (including phenoxy) is 1. The molecule has 1 saturated carbocycles. The first-order valence-corrected chi connectivity index (χ1v) is 10.0. The second kappa shape index (κ2) is 9.79. The van der Waals surface area contributed by atoms with Crippen LogP contribution < -0.4 is 4.90 Å². The van der Waals surface area contributed by atoms with E-state index in [1.165, 1.54) is 0 Å². The highest BCUT2D eigenvalue weighted by Crippen LogP contribution is 2.36. The molecule has 3 nitrogen and oxygen atoms in total. The van der Waals surface area contributed by atoms with Crippen LogP contribution in [0.25, 0.3) is 0 Å². The Labute approximate surface area is 170 Å². The number of amidine groups is 1. The van der Waals surface area contributed by atoms with Crippen molar-refractivity contribution in [2.75, 3.05) is 11.9 Å². The van der Waals surface area contributed by atoms with Gasteiger partial charge in [-0.3, -0.25) is 9.73 Å². The van der Waals surface area contributed by atoms with E-state index in [1.807, 2.05) is 25.1 Å². The molecule has 0 unspecified atom stereocenters. The van der Waals surface area contributed by atoms with E-state index < -0.39 is 12.5 Å². The summed E-state index contributed by atoms with van der Waals surface area (Å²) in [6, 6.07) is 5.74. The molecule has 7 heteroatoms. The van der Waals surface area contributed by atoms with Crippen molar-refractivity contribution in [3.8, 4) is 0 Å². The zero-order chi connectivity index (χ0) is 20.9. The molecule has 0 N–H and O–H groups in total. The van der Waals surface area contributed by atoms with Crippen molar-refractivity contribution in [2.24, 2.45) is 10.9 Å². The predicted octanol–water partition coefficient (Wildman–Crippen LogP) is 6.76. The number of anilines is 1. The Hall–Kier alpha value is -1.53. The molecule has 0 aliphatic heterocycles. The maximum absolute atomic E-state index is 12.5. The van der Waals surface area contributed by atoms with Crippen LogP contribution in [-0.2, 0) is 11.2 Å². The number of rotatable bonds is 6. The highest BCUT2D eigenvalue weighted by atomic mass is 35.5. The zero-order valence-corrected chi connectivity index (χ0v) is 17.4. The molecular weight excluding hydrogens is 389 g/mol. The quantitative estimate of drug-likeness (QED) is 0.378. The van der Waals surface area contributed by atoms with Gasteiger partial charge < -0.3 is 4.90 Å². The number of alkyl halides is 3. The van der Waals surface area contributed by atoms with E-state index >= 15 is 0 Å². The minimum Gasteiger partial charge on any atom is -0.303 e. The summed E-state index contributed by atoms with van der Waals surface area (Å²) in [5.41, 5.74) is 2.96. The van der Waals surface area contributed by atoms with Gasteiger partial charge in [0.25, 0.3) is 0 Å². The maximum atomic E-state index is 12.5. The van der Waals surface area contributed by atoms with Gasteiger partial charge in [-0.1, -0.05) is 32.0 Å². The predicted molar refractivity (Wildman–Crippen MR) is 109 cm³/mol. The van der Waals surface area contributed by atoms with Gasteiger partial charge in [0.15, 0.2) is 0 Å². The van der Waals surface area contributed by atoms with Crippen LogP contribution in [0.15, 0.2) is 35.5 Å². The Bertz CT molecular complexity index is 710. The lowest BCUT2D eigenvalue weighted by Gasteiger charge is -2.36. The fourth-order valence-corrected chi connectivity index (χ4v) is 3.96. The Balaban J connectivity index is 2.27. The molecule has 156 valence electrons. The van der Waals surface area contributed by atoms with Crippen LogP contribution in [0.1, 0.15) is 51.5 Å². The highest BCUT2D eigenvalue weighted by Gasteiger charge is 2.37. The molecule has 0 amide bonds. The van der Waals surface area contributed by atoms with Gasteiger partial charge in [0.05, 0.1) is 11.8 Å². The number of nitrogens with zero attached hydrogens (tertiary/aromatic N) is 2. The third-order valence-electron chi connectivity index (χ3n) is 5.19. The summed E-state index contributed by atoms with van der Waals surface area (Å²) >= 11 is 6.17. The van der Waals surface area contributed by atoms with Crippen molar-refractivity contribution in [2.45, 2.75) is 64.8 Å². The zero-order valence-electron chi connectivity index (χ0n) is 16.7. The normalized spacial score (nSPS) is 20.9. The van der Waals surface area contributed by atoms with E-state index in [2.05, 4.69) is 28.1 Å². The van der Waals surface area contributed by atoms with E-state index in [1.54, 1.807) is 7.05 Å². The van der Waals surface area contributed by atoms with Gasteiger partial charge in [-0.25, -0.2) is 0 Å². The van der Waals surface area contributed by atoms with Gasteiger partial charge in [-0.2, -0.15) is 0 Å². The number of allylic oxidation sites excluding steroid dienone is 1. The van der Waals surface area contributed by atoms with E-state index in [0.29, 0.717) is 30.7 Å². The lowest BCUT2D eigenvalue weighted by molar-refractivity contribution is -0.345. The molecule has 28 heavy (non-hydrogen) atoms. The van der Waals surface area contributed by atoms with Gasteiger partial charge in [0.1, 0.15) is 5.84 Å². The summed E-state index contributed by atoms with van der Waals surface area (Å²) in [5.74, 6) is 0.899. The van der Waals surface area contributed by atoms with Crippen LogP contribution in [-0.4, -0.2) is 25.3 Å². The standard InChI is InChI=1S/C21H28ClF3N2O/c1-5-14(3)27(19-12-9-17(22)13-15(19)6-2)20(26-4)16-7-10-18(11-8-16)28-21(23,24)25/h9,12-13,16,18H,3,5-8,10-11H2,1-2,4H3. The van der Waals surface area contributed by atoms with Crippen molar-refractivity contribution in [1.82, 2.24) is 0 Å². The van der Waals surface area contributed by atoms with Crippen molar-refractivity contribution < 1.29 is 17.9 Å². The van der Waals surface area contributed by atoms with E-state index in [0.717, 1.165) is 35.6 Å². The lowest BCUT2D eigenvalue weighted by Crippen LogP contribution is -2.39. The van der Waals surface area contributed by atoms with Crippen LogP contribution >= 0.6 is 11.6 Å². The molecule has 0 bridgehead atoms. The molecule has 1 aliphatic rings. The van der Waals surface area contributed by atoms with E-state index in [-0.39, 0.29) is 5.92 Å². The van der Waals surface area contributed by atoms with Crippen molar-refractivity contribution >= 4 is 23.1 Å². The van der Waals surface area contributed by atoms with Crippen LogP contribution in [0.2, 0.25) is 5.02 Å². The van der Waals surface area contributed by atoms with Gasteiger partial charge in [0, 0.05) is 23.7 Å².